The standard InChI is InChI=1S/C19H13N3O2S/c23-18(13-7-2-1-3-8-13)20-15-10-5-4-9-14(15)19-21-17(22-24-19)16-11-6-12-25-16/h1-12H,(H,20,23). The lowest BCUT2D eigenvalue weighted by Crippen LogP contribution is -2.12. The fourth-order valence-electron chi connectivity index (χ4n) is 2.40. The van der Waals surface area contributed by atoms with E-state index in [0.29, 0.717) is 28.5 Å². The van der Waals surface area contributed by atoms with Crippen molar-refractivity contribution >= 4 is 22.9 Å². The molecule has 1 N–H and O–H groups in total. The van der Waals surface area contributed by atoms with Gasteiger partial charge >= 0.3 is 0 Å². The van der Waals surface area contributed by atoms with Gasteiger partial charge in [0.2, 0.25) is 5.82 Å². The van der Waals surface area contributed by atoms with Crippen molar-refractivity contribution in [2.24, 2.45) is 0 Å². The first-order valence-electron chi connectivity index (χ1n) is 7.64. The minimum absolute atomic E-state index is 0.189. The number of amides is 1. The number of nitrogens with one attached hydrogen (secondary N) is 1. The van der Waals surface area contributed by atoms with Gasteiger partial charge in [0.05, 0.1) is 16.1 Å². The van der Waals surface area contributed by atoms with Crippen LogP contribution in [-0.4, -0.2) is 16.0 Å². The maximum atomic E-state index is 12.4. The smallest absolute Gasteiger partial charge is 0.260 e. The van der Waals surface area contributed by atoms with E-state index in [4.69, 9.17) is 4.52 Å². The van der Waals surface area contributed by atoms with E-state index in [9.17, 15) is 4.79 Å². The highest BCUT2D eigenvalue weighted by molar-refractivity contribution is 7.13. The Hall–Kier alpha value is -3.25. The molecule has 0 bridgehead atoms. The summed E-state index contributed by atoms with van der Waals surface area (Å²) in [6.45, 7) is 0. The lowest BCUT2D eigenvalue weighted by Gasteiger charge is -2.08. The Balaban J connectivity index is 1.65. The first kappa shape index (κ1) is 15.3. The SMILES string of the molecule is O=C(Nc1ccccc1-c1nc(-c2cccs2)no1)c1ccccc1. The van der Waals surface area contributed by atoms with E-state index in [1.54, 1.807) is 23.5 Å². The second-order valence-corrected chi connectivity index (χ2v) is 6.21. The molecule has 25 heavy (non-hydrogen) atoms. The Kier molecular flexibility index (Phi) is 4.10. The van der Waals surface area contributed by atoms with Crippen molar-refractivity contribution in [1.29, 1.82) is 0 Å². The molecule has 122 valence electrons. The minimum Gasteiger partial charge on any atom is -0.334 e. The summed E-state index contributed by atoms with van der Waals surface area (Å²) in [6.07, 6.45) is 0. The molecule has 5 nitrogen and oxygen atoms in total. The molecule has 0 unspecified atom stereocenters. The first-order chi connectivity index (χ1) is 12.3. The average molecular weight is 347 g/mol. The number of anilines is 1. The van der Waals surface area contributed by atoms with Gasteiger partial charge in [0.25, 0.3) is 11.8 Å². The van der Waals surface area contributed by atoms with Crippen LogP contribution in [0, 0.1) is 0 Å². The fraction of sp³-hybridized carbons (Fsp3) is 0. The zero-order valence-electron chi connectivity index (χ0n) is 13.0. The van der Waals surface area contributed by atoms with Crippen LogP contribution in [0.3, 0.4) is 0 Å². The molecule has 2 aromatic heterocycles. The molecule has 0 atom stereocenters. The van der Waals surface area contributed by atoms with Crippen LogP contribution < -0.4 is 5.32 Å². The van der Waals surface area contributed by atoms with Gasteiger partial charge in [-0.25, -0.2) is 0 Å². The second kappa shape index (κ2) is 6.70. The highest BCUT2D eigenvalue weighted by Gasteiger charge is 2.16. The second-order valence-electron chi connectivity index (χ2n) is 5.27. The van der Waals surface area contributed by atoms with Crippen molar-refractivity contribution in [3.05, 3.63) is 77.7 Å². The third-order valence-electron chi connectivity index (χ3n) is 3.61. The number of para-hydroxylation sites is 1. The normalized spacial score (nSPS) is 10.6. The van der Waals surface area contributed by atoms with Crippen LogP contribution in [0.5, 0.6) is 0 Å². The van der Waals surface area contributed by atoms with Gasteiger partial charge in [0.1, 0.15) is 0 Å². The van der Waals surface area contributed by atoms with Crippen LogP contribution in [0.15, 0.2) is 76.6 Å². The van der Waals surface area contributed by atoms with Crippen LogP contribution in [0.2, 0.25) is 0 Å². The van der Waals surface area contributed by atoms with Gasteiger partial charge in [0.15, 0.2) is 0 Å². The largest absolute Gasteiger partial charge is 0.334 e. The summed E-state index contributed by atoms with van der Waals surface area (Å²) in [6, 6.07) is 20.3. The number of benzene rings is 2. The third kappa shape index (κ3) is 3.20. The maximum Gasteiger partial charge on any atom is 0.260 e. The molecule has 1 amide bonds. The summed E-state index contributed by atoms with van der Waals surface area (Å²) in [5.41, 5.74) is 1.89. The van der Waals surface area contributed by atoms with E-state index >= 15 is 0 Å². The van der Waals surface area contributed by atoms with E-state index in [2.05, 4.69) is 15.5 Å². The highest BCUT2D eigenvalue weighted by atomic mass is 32.1. The number of aromatic nitrogens is 2. The maximum absolute atomic E-state index is 12.4. The fourth-order valence-corrected chi connectivity index (χ4v) is 3.05. The Morgan fingerprint density at radius 2 is 1.76 bits per heavy atom. The number of carbonyl (C=O) groups excluding carboxylic acids is 1. The van der Waals surface area contributed by atoms with Gasteiger partial charge in [-0.05, 0) is 35.7 Å². The molecule has 0 radical (unpaired) electrons. The van der Waals surface area contributed by atoms with Crippen molar-refractivity contribution in [2.75, 3.05) is 5.32 Å². The summed E-state index contributed by atoms with van der Waals surface area (Å²) < 4.78 is 5.40. The summed E-state index contributed by atoms with van der Waals surface area (Å²) in [5, 5.41) is 8.89. The Morgan fingerprint density at radius 3 is 2.56 bits per heavy atom. The number of carbonyl (C=O) groups is 1. The zero-order chi connectivity index (χ0) is 17.1. The lowest BCUT2D eigenvalue weighted by atomic mass is 10.1. The number of nitrogens with zero attached hydrogens (tertiary/aromatic N) is 2. The first-order valence-corrected chi connectivity index (χ1v) is 8.52. The zero-order valence-corrected chi connectivity index (χ0v) is 13.9. The van der Waals surface area contributed by atoms with Gasteiger partial charge in [-0.3, -0.25) is 4.79 Å². The molecule has 0 fully saturated rings. The lowest BCUT2D eigenvalue weighted by molar-refractivity contribution is 0.102. The minimum atomic E-state index is -0.189. The number of hydrogen-bond acceptors (Lipinski definition) is 5. The Bertz CT molecular complexity index is 994. The van der Waals surface area contributed by atoms with Crippen LogP contribution in [-0.2, 0) is 0 Å². The van der Waals surface area contributed by atoms with Gasteiger partial charge in [0, 0.05) is 5.56 Å². The summed E-state index contributed by atoms with van der Waals surface area (Å²) >= 11 is 1.54. The molecule has 0 saturated heterocycles. The van der Waals surface area contributed by atoms with Crippen molar-refractivity contribution < 1.29 is 9.32 Å². The summed E-state index contributed by atoms with van der Waals surface area (Å²) in [4.78, 5) is 17.8. The molecule has 0 aliphatic carbocycles. The molecule has 6 heteroatoms. The van der Waals surface area contributed by atoms with Crippen LogP contribution in [0.25, 0.3) is 22.2 Å². The van der Waals surface area contributed by atoms with Gasteiger partial charge in [-0.15, -0.1) is 11.3 Å². The highest BCUT2D eigenvalue weighted by Crippen LogP contribution is 2.30. The van der Waals surface area contributed by atoms with Crippen molar-refractivity contribution in [2.45, 2.75) is 0 Å². The number of thiophene rings is 1. The van der Waals surface area contributed by atoms with E-state index in [1.807, 2.05) is 60.0 Å². The van der Waals surface area contributed by atoms with E-state index in [-0.39, 0.29) is 5.91 Å². The Morgan fingerprint density at radius 1 is 0.960 bits per heavy atom. The predicted octanol–water partition coefficient (Wildman–Crippen LogP) is 4.72. The third-order valence-corrected chi connectivity index (χ3v) is 4.48. The van der Waals surface area contributed by atoms with E-state index in [1.165, 1.54) is 0 Å². The van der Waals surface area contributed by atoms with Crippen LogP contribution in [0.1, 0.15) is 10.4 Å². The molecule has 0 spiro atoms. The van der Waals surface area contributed by atoms with Crippen LogP contribution >= 0.6 is 11.3 Å². The number of hydrogen-bond donors (Lipinski definition) is 1. The molecule has 2 heterocycles. The molecular formula is C19H13N3O2S. The van der Waals surface area contributed by atoms with Crippen molar-refractivity contribution in [3.63, 3.8) is 0 Å². The average Bonchev–Trinajstić information content (AvgIpc) is 3.34. The van der Waals surface area contributed by atoms with E-state index in [0.717, 1.165) is 4.88 Å². The number of rotatable bonds is 4. The van der Waals surface area contributed by atoms with E-state index < -0.39 is 0 Å². The van der Waals surface area contributed by atoms with Gasteiger partial charge in [-0.1, -0.05) is 41.6 Å². The molecule has 0 aliphatic heterocycles. The molecule has 2 aromatic carbocycles. The van der Waals surface area contributed by atoms with Crippen molar-refractivity contribution in [1.82, 2.24) is 10.1 Å². The summed E-state index contributed by atoms with van der Waals surface area (Å²) in [7, 11) is 0. The van der Waals surface area contributed by atoms with Gasteiger partial charge in [-0.2, -0.15) is 4.98 Å². The van der Waals surface area contributed by atoms with Gasteiger partial charge < -0.3 is 9.84 Å². The molecule has 0 saturated carbocycles. The monoisotopic (exact) mass is 347 g/mol. The van der Waals surface area contributed by atoms with Crippen LogP contribution in [0.4, 0.5) is 5.69 Å². The molecule has 0 aliphatic rings. The molecular weight excluding hydrogens is 334 g/mol. The predicted molar refractivity (Wildman–Crippen MR) is 97.4 cm³/mol. The molecule has 4 aromatic rings. The van der Waals surface area contributed by atoms with Crippen molar-refractivity contribution in [3.8, 4) is 22.2 Å². The Labute approximate surface area is 148 Å². The summed E-state index contributed by atoms with van der Waals surface area (Å²) in [5.74, 6) is 0.715. The topological polar surface area (TPSA) is 68.0 Å². The quantitative estimate of drug-likeness (QED) is 0.580. The molecule has 4 rings (SSSR count).